The van der Waals surface area contributed by atoms with Crippen LogP contribution in [0.2, 0.25) is 5.02 Å². The van der Waals surface area contributed by atoms with Gasteiger partial charge in [-0.15, -0.1) is 0 Å². The van der Waals surface area contributed by atoms with Crippen molar-refractivity contribution < 1.29 is 9.53 Å². The molecule has 0 saturated carbocycles. The molecule has 4 bridgehead atoms. The second-order valence-electron chi connectivity index (χ2n) is 7.43. The highest BCUT2D eigenvalue weighted by molar-refractivity contribution is 6.33. The molecule has 5 rings (SSSR count). The van der Waals surface area contributed by atoms with Gasteiger partial charge in [0.05, 0.1) is 50.6 Å². The van der Waals surface area contributed by atoms with Gasteiger partial charge in [-0.25, -0.2) is 4.79 Å². The third-order valence-corrected chi connectivity index (χ3v) is 5.46. The number of hydrogen-bond acceptors (Lipinski definition) is 8. The number of nitrogens with two attached hydrogens (primary N) is 1. The number of halogens is 1. The first kappa shape index (κ1) is 21.3. The second-order valence-corrected chi connectivity index (χ2v) is 7.84. The van der Waals surface area contributed by atoms with Crippen molar-refractivity contribution in [2.24, 2.45) is 0 Å². The Balaban J connectivity index is 0.000000185. The number of likely N-dealkylation sites (N-methyl/N-ethyl adjacent to an activating group) is 1. The molecule has 0 aromatic heterocycles. The molecule has 28 heavy (non-hydrogen) atoms. The van der Waals surface area contributed by atoms with Gasteiger partial charge < -0.3 is 15.4 Å². The van der Waals surface area contributed by atoms with Crippen LogP contribution < -0.4 is 5.73 Å². The summed E-state index contributed by atoms with van der Waals surface area (Å²) in [6, 6.07) is 4.76. The Bertz CT molecular complexity index is 613. The topological polar surface area (TPSA) is 68.5 Å². The van der Waals surface area contributed by atoms with Gasteiger partial charge in [0, 0.05) is 12.2 Å². The summed E-state index contributed by atoms with van der Waals surface area (Å²) in [4.78, 5) is 23.8. The lowest BCUT2D eigenvalue weighted by Gasteiger charge is -2.56. The Morgan fingerprint density at radius 3 is 1.96 bits per heavy atom. The van der Waals surface area contributed by atoms with Crippen molar-refractivity contribution in [2.75, 3.05) is 72.0 Å². The molecule has 1 aromatic carbocycles. The smallest absolute Gasteiger partial charge is 0.339 e. The van der Waals surface area contributed by atoms with Crippen molar-refractivity contribution in [2.45, 2.75) is 13.8 Å². The monoisotopic (exact) mass is 410 g/mol. The predicted octanol–water partition coefficient (Wildman–Crippen LogP) is 1.40. The second kappa shape index (κ2) is 9.87. The van der Waals surface area contributed by atoms with Crippen molar-refractivity contribution >= 4 is 23.3 Å². The van der Waals surface area contributed by atoms with Gasteiger partial charge in [-0.1, -0.05) is 25.4 Å². The minimum atomic E-state index is -0.410. The maximum absolute atomic E-state index is 11.8. The van der Waals surface area contributed by atoms with Gasteiger partial charge in [0.25, 0.3) is 0 Å². The Kier molecular flexibility index (Phi) is 7.50. The number of nitrogens with zero attached hydrogens (tertiary/aromatic N) is 5. The van der Waals surface area contributed by atoms with Crippen LogP contribution in [0.25, 0.3) is 0 Å². The Morgan fingerprint density at radius 1 is 1.04 bits per heavy atom. The van der Waals surface area contributed by atoms with E-state index in [-0.39, 0.29) is 0 Å². The summed E-state index contributed by atoms with van der Waals surface area (Å²) in [5.41, 5.74) is 6.44. The van der Waals surface area contributed by atoms with Gasteiger partial charge in [-0.3, -0.25) is 19.6 Å². The lowest BCUT2D eigenvalue weighted by atomic mass is 10.2. The van der Waals surface area contributed by atoms with Crippen LogP contribution in [0.3, 0.4) is 0 Å². The third-order valence-electron chi connectivity index (χ3n) is 5.15. The van der Waals surface area contributed by atoms with Gasteiger partial charge in [0.15, 0.2) is 0 Å². The standard InChI is InChI=1S/C13H19ClN2O2.C6H12N4/c1-3-16(4-2)7-8-18-13(17)11-6-5-10(15)9-12(11)14;1-7-2-9-4-8(1)5-10(3-7)6-9/h5-6,9H,3-4,7-8,15H2,1-2H3;1-6H2. The number of anilines is 1. The molecule has 0 radical (unpaired) electrons. The number of carbonyl (C=O) groups excluding carboxylic acids is 1. The molecule has 8 nitrogen and oxygen atoms in total. The van der Waals surface area contributed by atoms with E-state index >= 15 is 0 Å². The van der Waals surface area contributed by atoms with Crippen LogP contribution in [0.15, 0.2) is 18.2 Å². The average molecular weight is 411 g/mol. The first-order chi connectivity index (χ1) is 13.5. The van der Waals surface area contributed by atoms with E-state index in [4.69, 9.17) is 22.1 Å². The van der Waals surface area contributed by atoms with E-state index in [0.29, 0.717) is 22.9 Å². The lowest BCUT2D eigenvalue weighted by Crippen LogP contribution is -2.71. The van der Waals surface area contributed by atoms with Gasteiger partial charge in [-0.05, 0) is 31.3 Å². The Hall–Kier alpha value is -1.42. The van der Waals surface area contributed by atoms with Crippen LogP contribution in [0, 0.1) is 0 Å². The van der Waals surface area contributed by atoms with E-state index in [2.05, 4.69) is 38.3 Å². The Labute approximate surface area is 172 Å². The highest BCUT2D eigenvalue weighted by Crippen LogP contribution is 2.20. The van der Waals surface area contributed by atoms with Crippen LogP contribution in [-0.4, -0.2) is 96.7 Å². The van der Waals surface area contributed by atoms with Crippen LogP contribution >= 0.6 is 11.6 Å². The first-order valence-electron chi connectivity index (χ1n) is 9.82. The maximum Gasteiger partial charge on any atom is 0.339 e. The largest absolute Gasteiger partial charge is 0.461 e. The summed E-state index contributed by atoms with van der Waals surface area (Å²) < 4.78 is 5.18. The van der Waals surface area contributed by atoms with Gasteiger partial charge in [-0.2, -0.15) is 0 Å². The summed E-state index contributed by atoms with van der Waals surface area (Å²) in [7, 11) is 0. The summed E-state index contributed by atoms with van der Waals surface area (Å²) in [6.45, 7) is 14.2. The number of nitrogen functional groups attached to an aromatic ring is 1. The number of rotatable bonds is 6. The molecule has 4 saturated heterocycles. The van der Waals surface area contributed by atoms with E-state index in [1.807, 2.05) is 0 Å². The summed E-state index contributed by atoms with van der Waals surface area (Å²) in [5, 5.41) is 0.322. The van der Waals surface area contributed by atoms with Crippen molar-refractivity contribution in [1.82, 2.24) is 24.5 Å². The highest BCUT2D eigenvalue weighted by Gasteiger charge is 2.36. The minimum Gasteiger partial charge on any atom is -0.461 e. The Morgan fingerprint density at radius 2 is 1.54 bits per heavy atom. The van der Waals surface area contributed by atoms with E-state index in [0.717, 1.165) is 19.6 Å². The van der Waals surface area contributed by atoms with E-state index in [9.17, 15) is 4.79 Å². The lowest BCUT2D eigenvalue weighted by molar-refractivity contribution is -0.194. The zero-order valence-corrected chi connectivity index (χ0v) is 17.6. The molecule has 156 valence electrons. The molecule has 4 heterocycles. The van der Waals surface area contributed by atoms with Gasteiger partial charge >= 0.3 is 5.97 Å². The quantitative estimate of drug-likeness (QED) is 0.557. The summed E-state index contributed by atoms with van der Waals surface area (Å²) in [5.74, 6) is -0.410. The van der Waals surface area contributed by atoms with Gasteiger partial charge in [0.1, 0.15) is 6.61 Å². The number of hydrogen-bond donors (Lipinski definition) is 1. The number of ether oxygens (including phenoxy) is 1. The molecule has 4 fully saturated rings. The molecule has 4 aliphatic heterocycles. The van der Waals surface area contributed by atoms with Crippen LogP contribution in [0.5, 0.6) is 0 Å². The molecule has 1 aromatic rings. The van der Waals surface area contributed by atoms with E-state index < -0.39 is 5.97 Å². The fourth-order valence-corrected chi connectivity index (χ4v) is 4.08. The minimum absolute atomic E-state index is 0.322. The van der Waals surface area contributed by atoms with Crippen molar-refractivity contribution in [3.8, 4) is 0 Å². The average Bonchev–Trinajstić information content (AvgIpc) is 2.64. The van der Waals surface area contributed by atoms with Crippen molar-refractivity contribution in [3.05, 3.63) is 28.8 Å². The molecule has 0 amide bonds. The fourth-order valence-electron chi connectivity index (χ4n) is 3.82. The normalized spacial score (nSPS) is 27.4. The van der Waals surface area contributed by atoms with Crippen molar-refractivity contribution in [3.63, 3.8) is 0 Å². The molecule has 2 N–H and O–H groups in total. The van der Waals surface area contributed by atoms with E-state index in [1.165, 1.54) is 40.0 Å². The molecule has 0 unspecified atom stereocenters. The summed E-state index contributed by atoms with van der Waals surface area (Å²) in [6.07, 6.45) is 0. The maximum atomic E-state index is 11.8. The van der Waals surface area contributed by atoms with E-state index in [1.54, 1.807) is 18.2 Å². The molecule has 9 heteroatoms. The SMILES string of the molecule is C1N2CN3CN1CN(C2)C3.CCN(CC)CCOC(=O)c1ccc(N)cc1Cl. The van der Waals surface area contributed by atoms with Crippen LogP contribution in [0.1, 0.15) is 24.2 Å². The number of carbonyl (C=O) groups is 1. The zero-order chi connectivity index (χ0) is 20.1. The molecule has 0 spiro atoms. The highest BCUT2D eigenvalue weighted by atomic mass is 35.5. The molecular formula is C19H31ClN6O2. The fraction of sp³-hybridized carbons (Fsp3) is 0.632. The van der Waals surface area contributed by atoms with Gasteiger partial charge in [0.2, 0.25) is 0 Å². The van der Waals surface area contributed by atoms with Crippen LogP contribution in [0.4, 0.5) is 5.69 Å². The third kappa shape index (κ3) is 5.56. The summed E-state index contributed by atoms with van der Waals surface area (Å²) >= 11 is 5.93. The van der Waals surface area contributed by atoms with Crippen LogP contribution in [-0.2, 0) is 4.74 Å². The molecule has 0 atom stereocenters. The molecule has 0 aliphatic carbocycles. The first-order valence-corrected chi connectivity index (χ1v) is 10.2. The predicted molar refractivity (Wildman–Crippen MR) is 110 cm³/mol. The molecular weight excluding hydrogens is 380 g/mol. The van der Waals surface area contributed by atoms with Crippen molar-refractivity contribution in [1.29, 1.82) is 0 Å². The molecule has 4 aliphatic rings. The number of benzene rings is 1. The zero-order valence-electron chi connectivity index (χ0n) is 16.8. The number of esters is 1.